The molecule has 1 aromatic carbocycles. The minimum Gasteiger partial charge on any atom is -0.478 e. The number of aryl methyl sites for hydroxylation is 2. The Bertz CT molecular complexity index is 1870. The van der Waals surface area contributed by atoms with Crippen LogP contribution in [0.5, 0.6) is 5.75 Å². The summed E-state index contributed by atoms with van der Waals surface area (Å²) in [6.45, 7) is 12.3. The van der Waals surface area contributed by atoms with Gasteiger partial charge in [0.1, 0.15) is 11.6 Å². The van der Waals surface area contributed by atoms with Crippen molar-refractivity contribution in [2.75, 3.05) is 0 Å². The first-order valence-electron chi connectivity index (χ1n) is 16.8. The molecule has 282 valence electrons. The molecule has 0 bridgehead atoms. The molecule has 2 aliphatic heterocycles. The van der Waals surface area contributed by atoms with Gasteiger partial charge in [-0.1, -0.05) is 48.7 Å². The van der Waals surface area contributed by atoms with Crippen LogP contribution in [-0.4, -0.2) is 75.7 Å². The van der Waals surface area contributed by atoms with Gasteiger partial charge < -0.3 is 30.5 Å². The molecule has 1 aromatic rings. The van der Waals surface area contributed by atoms with Crippen LogP contribution in [-0.2, 0) is 40.7 Å². The van der Waals surface area contributed by atoms with Crippen LogP contribution in [0.25, 0.3) is 0 Å². The van der Waals surface area contributed by atoms with Gasteiger partial charge >= 0.3 is 22.4 Å². The zero-order valence-electron chi connectivity index (χ0n) is 29.7. The number of ether oxygens (including phenoxy) is 2. The molecule has 3 aliphatic rings. The highest BCUT2D eigenvalue weighted by molar-refractivity contribution is 7.84. The normalized spacial score (nSPS) is 22.0. The molecule has 2 heterocycles. The van der Waals surface area contributed by atoms with Gasteiger partial charge in [-0.2, -0.15) is 12.7 Å². The Kier molecular flexibility index (Phi) is 12.3. The fourth-order valence-electron chi connectivity index (χ4n) is 6.08. The Morgan fingerprint density at radius 2 is 1.94 bits per heavy atom. The van der Waals surface area contributed by atoms with Crippen molar-refractivity contribution >= 4 is 45.8 Å². The average Bonchev–Trinajstić information content (AvgIpc) is 3.48. The molecule has 1 unspecified atom stereocenters. The van der Waals surface area contributed by atoms with E-state index in [2.05, 4.69) is 35.0 Å². The first-order valence-corrected chi connectivity index (χ1v) is 18.2. The number of hydrogen-bond donors (Lipinski definition) is 4. The van der Waals surface area contributed by atoms with Gasteiger partial charge in [-0.3, -0.25) is 14.1 Å². The second-order valence-electron chi connectivity index (χ2n) is 13.4. The number of carboxylic acid groups (broad SMARTS) is 1. The van der Waals surface area contributed by atoms with Gasteiger partial charge in [0, 0.05) is 17.9 Å². The summed E-state index contributed by atoms with van der Waals surface area (Å²) >= 11 is 0. The summed E-state index contributed by atoms with van der Waals surface area (Å²) in [4.78, 5) is 60.5. The lowest BCUT2D eigenvalue weighted by molar-refractivity contribution is -0.162. The molecular formula is C35H45N5O11S. The standard InChI is InChI=1S/C35H45N5O11S/c1-7-9-10-11-21-17-20(4)27(23-16-19(3)12-13-22(23)8-2)25(18-21)49-34(45)50-32-29(31(42)40(32)52(46,47)48)38-30(41)28(24-14-15-26(36)37-24)39-51-35(5,6)33(43)44/h8,14,16-18,22-23,29,32H,2,7,9-13,15H2,1,3-6H3,(H2,36,37)(H,38,41)(H,43,44)(H,46,47,48)/b39-28-/t22-,23-,29-,32?/m1/s1. The molecule has 5 N–H and O–H groups in total. The highest BCUT2D eigenvalue weighted by atomic mass is 32.2. The zero-order chi connectivity index (χ0) is 38.5. The van der Waals surface area contributed by atoms with E-state index < -0.39 is 57.8 Å². The number of carbonyl (C=O) groups excluding carboxylic acids is 3. The van der Waals surface area contributed by atoms with E-state index in [1.165, 1.54) is 19.9 Å². The highest BCUT2D eigenvalue weighted by Gasteiger charge is 2.57. The maximum Gasteiger partial charge on any atom is 0.515 e. The number of benzene rings is 1. The summed E-state index contributed by atoms with van der Waals surface area (Å²) in [5, 5.41) is 15.3. The fourth-order valence-corrected chi connectivity index (χ4v) is 6.84. The summed E-state index contributed by atoms with van der Waals surface area (Å²) in [7, 11) is -5.29. The average molecular weight is 744 g/mol. The lowest BCUT2D eigenvalue weighted by Crippen LogP contribution is -2.73. The number of aliphatic carboxylic acids is 1. The number of allylic oxidation sites excluding steroid dienone is 3. The smallest absolute Gasteiger partial charge is 0.478 e. The van der Waals surface area contributed by atoms with Crippen molar-refractivity contribution in [3.8, 4) is 5.75 Å². The predicted octanol–water partition coefficient (Wildman–Crippen LogP) is 4.21. The largest absolute Gasteiger partial charge is 0.515 e. The molecule has 0 spiro atoms. The summed E-state index contributed by atoms with van der Waals surface area (Å²) in [5.74, 6) is -3.86. The number of amidine groups is 1. The van der Waals surface area contributed by atoms with Gasteiger partial charge in [0.15, 0.2) is 11.8 Å². The minimum atomic E-state index is -5.29. The predicted molar refractivity (Wildman–Crippen MR) is 190 cm³/mol. The first-order chi connectivity index (χ1) is 24.4. The van der Waals surface area contributed by atoms with E-state index in [1.807, 2.05) is 26.0 Å². The van der Waals surface area contributed by atoms with Crippen molar-refractivity contribution in [3.05, 3.63) is 64.9 Å². The maximum atomic E-state index is 13.5. The summed E-state index contributed by atoms with van der Waals surface area (Å²) in [5.41, 5.74) is 6.71. The van der Waals surface area contributed by atoms with E-state index in [-0.39, 0.29) is 39.8 Å². The number of carbonyl (C=O) groups is 4. The first kappa shape index (κ1) is 39.8. The number of nitrogens with zero attached hydrogens (tertiary/aromatic N) is 3. The van der Waals surface area contributed by atoms with E-state index in [0.29, 0.717) is 12.0 Å². The van der Waals surface area contributed by atoms with Crippen molar-refractivity contribution in [1.82, 2.24) is 9.62 Å². The number of unbranched alkanes of at least 4 members (excludes halogenated alkanes) is 2. The third-order valence-corrected chi connectivity index (χ3v) is 9.85. The van der Waals surface area contributed by atoms with Gasteiger partial charge in [0.2, 0.25) is 11.8 Å². The molecule has 16 nitrogen and oxygen atoms in total. The molecule has 1 aliphatic carbocycles. The Morgan fingerprint density at radius 3 is 2.54 bits per heavy atom. The molecule has 4 atom stereocenters. The van der Waals surface area contributed by atoms with E-state index >= 15 is 0 Å². The van der Waals surface area contributed by atoms with Crippen LogP contribution in [0, 0.1) is 12.8 Å². The molecular weight excluding hydrogens is 698 g/mol. The van der Waals surface area contributed by atoms with Crippen molar-refractivity contribution < 1.29 is 51.6 Å². The SMILES string of the molecule is C=C[C@@H]1CCC(C)=C[C@H]1c1c(C)cc(CCCCC)cc1OC(=O)OC1[C@H](NC(=O)/C(=N\OC(C)(C)C(=O)O)C2=CCC(N)=N2)C(=O)N1S(=O)(=O)O. The Balaban J connectivity index is 1.65. The van der Waals surface area contributed by atoms with Crippen LogP contribution in [0.2, 0.25) is 0 Å². The lowest BCUT2D eigenvalue weighted by Gasteiger charge is -2.42. The summed E-state index contributed by atoms with van der Waals surface area (Å²) in [6, 6.07) is 1.90. The number of β-lactam (4-membered cyclic amide) rings is 1. The minimum absolute atomic E-state index is 0.0289. The Hall–Kier alpha value is -5.03. The van der Waals surface area contributed by atoms with Crippen LogP contribution in [0.4, 0.5) is 4.79 Å². The van der Waals surface area contributed by atoms with E-state index in [0.717, 1.165) is 48.8 Å². The third kappa shape index (κ3) is 9.06. The van der Waals surface area contributed by atoms with Gasteiger partial charge in [-0.15, -0.1) is 6.58 Å². The zero-order valence-corrected chi connectivity index (χ0v) is 30.6. The number of hydrogen-bond acceptors (Lipinski definition) is 12. The van der Waals surface area contributed by atoms with Crippen LogP contribution >= 0.6 is 0 Å². The second kappa shape index (κ2) is 16.1. The highest BCUT2D eigenvalue weighted by Crippen LogP contribution is 2.43. The lowest BCUT2D eigenvalue weighted by atomic mass is 9.75. The van der Waals surface area contributed by atoms with Crippen LogP contribution in [0.1, 0.15) is 88.8 Å². The number of amides is 2. The number of oxime groups is 1. The topological polar surface area (TPSA) is 237 Å². The third-order valence-electron chi connectivity index (χ3n) is 8.96. The molecule has 4 rings (SSSR count). The summed E-state index contributed by atoms with van der Waals surface area (Å²) in [6.07, 6.45) is 7.25. The Morgan fingerprint density at radius 1 is 1.23 bits per heavy atom. The number of nitrogens with two attached hydrogens (primary N) is 1. The number of rotatable bonds is 15. The van der Waals surface area contributed by atoms with Crippen molar-refractivity contribution in [1.29, 1.82) is 0 Å². The number of aliphatic imine (C=N–C) groups is 1. The van der Waals surface area contributed by atoms with Crippen molar-refractivity contribution in [2.45, 2.75) is 103 Å². The molecule has 0 radical (unpaired) electrons. The summed E-state index contributed by atoms with van der Waals surface area (Å²) < 4.78 is 45.2. The van der Waals surface area contributed by atoms with Gasteiger partial charge in [-0.25, -0.2) is 14.6 Å². The van der Waals surface area contributed by atoms with Gasteiger partial charge in [0.05, 0.1) is 5.70 Å². The number of carboxylic acids is 1. The van der Waals surface area contributed by atoms with E-state index in [4.69, 9.17) is 20.0 Å². The molecule has 0 aromatic heterocycles. The molecule has 1 fully saturated rings. The van der Waals surface area contributed by atoms with Crippen LogP contribution in [0.3, 0.4) is 0 Å². The molecule has 52 heavy (non-hydrogen) atoms. The van der Waals surface area contributed by atoms with Crippen LogP contribution in [0.15, 0.2) is 58.4 Å². The van der Waals surface area contributed by atoms with Crippen molar-refractivity contribution in [2.24, 2.45) is 21.8 Å². The quantitative estimate of drug-likeness (QED) is 0.0289. The molecule has 17 heteroatoms. The second-order valence-corrected chi connectivity index (χ2v) is 14.7. The Labute approximate surface area is 302 Å². The molecule has 2 amide bonds. The van der Waals surface area contributed by atoms with Crippen molar-refractivity contribution in [3.63, 3.8) is 0 Å². The fraction of sp³-hybridized carbons (Fsp3) is 0.486. The monoisotopic (exact) mass is 743 g/mol. The van der Waals surface area contributed by atoms with Gasteiger partial charge in [0.25, 0.3) is 11.8 Å². The van der Waals surface area contributed by atoms with Crippen LogP contribution < -0.4 is 15.8 Å². The molecule has 1 saturated heterocycles. The van der Waals surface area contributed by atoms with E-state index in [1.54, 1.807) is 6.07 Å². The van der Waals surface area contributed by atoms with E-state index in [9.17, 15) is 37.3 Å². The van der Waals surface area contributed by atoms with Gasteiger partial charge in [-0.05, 0) is 82.6 Å². The maximum absolute atomic E-state index is 13.5. The molecule has 0 saturated carbocycles. The number of nitrogens with one attached hydrogen (secondary N) is 1.